The van der Waals surface area contributed by atoms with Gasteiger partial charge in [-0.3, -0.25) is 9.59 Å². The molecule has 1 aliphatic heterocycles. The summed E-state index contributed by atoms with van der Waals surface area (Å²) in [4.78, 5) is 23.8. The molecule has 1 atom stereocenters. The summed E-state index contributed by atoms with van der Waals surface area (Å²) in [6.45, 7) is 0.344. The number of nitrogens with one attached hydrogen (secondary N) is 2. The molecule has 2 N–H and O–H groups in total. The predicted octanol–water partition coefficient (Wildman–Crippen LogP) is 0.254. The third-order valence-electron chi connectivity index (χ3n) is 3.47. The van der Waals surface area contributed by atoms with E-state index < -0.39 is 21.8 Å². The highest BCUT2D eigenvalue weighted by Gasteiger charge is 2.22. The van der Waals surface area contributed by atoms with Gasteiger partial charge >= 0.3 is 0 Å². The first-order chi connectivity index (χ1) is 10.9. The van der Waals surface area contributed by atoms with Crippen molar-refractivity contribution in [1.82, 2.24) is 10.6 Å². The van der Waals surface area contributed by atoms with Gasteiger partial charge in [0.25, 0.3) is 5.91 Å². The smallest absolute Gasteiger partial charge is 0.258 e. The fraction of sp³-hybridized carbons (Fsp3) is 0.467. The Bertz CT molecular complexity index is 687. The van der Waals surface area contributed by atoms with Crippen LogP contribution in [-0.4, -0.2) is 45.7 Å². The van der Waals surface area contributed by atoms with Crippen LogP contribution >= 0.6 is 0 Å². The molecule has 0 radical (unpaired) electrons. The van der Waals surface area contributed by atoms with E-state index in [1.807, 2.05) is 0 Å². The number of carbonyl (C=O) groups is 2. The Morgan fingerprint density at radius 1 is 1.39 bits per heavy atom. The normalized spacial score (nSPS) is 18.7. The monoisotopic (exact) mass is 340 g/mol. The van der Waals surface area contributed by atoms with Crippen LogP contribution in [0, 0.1) is 0 Å². The molecule has 1 saturated heterocycles. The van der Waals surface area contributed by atoms with Crippen molar-refractivity contribution >= 4 is 21.7 Å². The van der Waals surface area contributed by atoms with Crippen molar-refractivity contribution in [3.05, 3.63) is 24.3 Å². The number of sulfone groups is 1. The highest BCUT2D eigenvalue weighted by atomic mass is 32.2. The summed E-state index contributed by atoms with van der Waals surface area (Å²) in [5.74, 6) is -0.319. The molecule has 126 valence electrons. The third-order valence-corrected chi connectivity index (χ3v) is 4.58. The molecule has 1 aliphatic rings. The summed E-state index contributed by atoms with van der Waals surface area (Å²) in [7, 11) is -3.33. The van der Waals surface area contributed by atoms with Gasteiger partial charge in [-0.2, -0.15) is 0 Å². The second-order valence-electron chi connectivity index (χ2n) is 5.44. The van der Waals surface area contributed by atoms with Gasteiger partial charge in [-0.1, -0.05) is 6.07 Å². The molecule has 2 amide bonds. The summed E-state index contributed by atoms with van der Waals surface area (Å²) in [5, 5.41) is 5.37. The van der Waals surface area contributed by atoms with Gasteiger partial charge in [0.1, 0.15) is 11.8 Å². The minimum absolute atomic E-state index is 0.124. The number of hydrogen-bond acceptors (Lipinski definition) is 5. The average molecular weight is 340 g/mol. The molecule has 1 aromatic rings. The van der Waals surface area contributed by atoms with Crippen molar-refractivity contribution in [3.8, 4) is 5.75 Å². The number of benzene rings is 1. The zero-order chi connectivity index (χ0) is 16.9. The zero-order valence-corrected chi connectivity index (χ0v) is 13.7. The average Bonchev–Trinajstić information content (AvgIpc) is 2.70. The molecule has 1 aromatic carbocycles. The Hall–Kier alpha value is -2.09. The molecule has 0 spiro atoms. The Morgan fingerprint density at radius 3 is 2.91 bits per heavy atom. The number of amides is 2. The van der Waals surface area contributed by atoms with E-state index in [-0.39, 0.29) is 23.2 Å². The Labute approximate surface area is 135 Å². The molecular weight excluding hydrogens is 320 g/mol. The molecule has 7 nitrogen and oxygen atoms in total. The molecule has 1 unspecified atom stereocenters. The van der Waals surface area contributed by atoms with Crippen molar-refractivity contribution in [2.75, 3.05) is 19.4 Å². The standard InChI is InChI=1S/C15H20N2O5S/c1-23(20,21)12-6-4-5-11(9-12)22-10-14(18)17-13-7-2-3-8-16-15(13)19/h4-6,9,13H,2-3,7-8,10H2,1H3,(H,16,19)(H,17,18). The molecule has 0 aromatic heterocycles. The van der Waals surface area contributed by atoms with E-state index in [4.69, 9.17) is 4.74 Å². The molecule has 2 rings (SSSR count). The maximum Gasteiger partial charge on any atom is 0.258 e. The lowest BCUT2D eigenvalue weighted by atomic mass is 10.1. The van der Waals surface area contributed by atoms with Crippen LogP contribution in [-0.2, 0) is 19.4 Å². The van der Waals surface area contributed by atoms with E-state index in [1.54, 1.807) is 12.1 Å². The molecule has 8 heteroatoms. The number of hydrogen-bond donors (Lipinski definition) is 2. The highest BCUT2D eigenvalue weighted by Crippen LogP contribution is 2.17. The van der Waals surface area contributed by atoms with Gasteiger partial charge in [0.2, 0.25) is 5.91 Å². The summed E-state index contributed by atoms with van der Waals surface area (Å²) < 4.78 is 28.3. The van der Waals surface area contributed by atoms with Crippen LogP contribution in [0.2, 0.25) is 0 Å². The Balaban J connectivity index is 1.90. The minimum Gasteiger partial charge on any atom is -0.484 e. The summed E-state index contributed by atoms with van der Waals surface area (Å²) in [6, 6.07) is 5.39. The molecule has 0 saturated carbocycles. The predicted molar refractivity (Wildman–Crippen MR) is 83.8 cm³/mol. The van der Waals surface area contributed by atoms with Gasteiger partial charge in [-0.25, -0.2) is 8.42 Å². The van der Waals surface area contributed by atoms with Gasteiger partial charge < -0.3 is 15.4 Å². The molecule has 1 heterocycles. The fourth-order valence-electron chi connectivity index (χ4n) is 2.26. The lowest BCUT2D eigenvalue weighted by Crippen LogP contribution is -2.46. The number of ether oxygens (including phenoxy) is 1. The van der Waals surface area contributed by atoms with Crippen LogP contribution in [0.5, 0.6) is 5.75 Å². The van der Waals surface area contributed by atoms with Gasteiger partial charge in [-0.05, 0) is 37.5 Å². The van der Waals surface area contributed by atoms with Crippen molar-refractivity contribution in [1.29, 1.82) is 0 Å². The fourth-order valence-corrected chi connectivity index (χ4v) is 2.91. The first-order valence-electron chi connectivity index (χ1n) is 7.36. The molecule has 0 bridgehead atoms. The lowest BCUT2D eigenvalue weighted by Gasteiger charge is -2.15. The van der Waals surface area contributed by atoms with Gasteiger partial charge in [-0.15, -0.1) is 0 Å². The van der Waals surface area contributed by atoms with Crippen molar-refractivity contribution in [2.45, 2.75) is 30.2 Å². The maximum absolute atomic E-state index is 11.9. The first kappa shape index (κ1) is 17.3. The quantitative estimate of drug-likeness (QED) is 0.800. The van der Waals surface area contributed by atoms with E-state index in [9.17, 15) is 18.0 Å². The van der Waals surface area contributed by atoms with Gasteiger partial charge in [0.15, 0.2) is 16.4 Å². The van der Waals surface area contributed by atoms with E-state index >= 15 is 0 Å². The molecule has 23 heavy (non-hydrogen) atoms. The largest absolute Gasteiger partial charge is 0.484 e. The summed E-state index contributed by atoms with van der Waals surface area (Å²) >= 11 is 0. The summed E-state index contributed by atoms with van der Waals surface area (Å²) in [5.41, 5.74) is 0. The molecule has 1 fully saturated rings. The highest BCUT2D eigenvalue weighted by molar-refractivity contribution is 7.90. The molecular formula is C15H20N2O5S. The summed E-state index contributed by atoms with van der Waals surface area (Å²) in [6.07, 6.45) is 3.46. The van der Waals surface area contributed by atoms with Crippen LogP contribution in [0.1, 0.15) is 19.3 Å². The Kier molecular flexibility index (Phi) is 5.59. The second-order valence-corrected chi connectivity index (χ2v) is 7.46. The van der Waals surface area contributed by atoms with Crippen LogP contribution in [0.4, 0.5) is 0 Å². The second kappa shape index (κ2) is 7.45. The number of rotatable bonds is 5. The van der Waals surface area contributed by atoms with Gasteiger partial charge in [0, 0.05) is 12.8 Å². The Morgan fingerprint density at radius 2 is 2.17 bits per heavy atom. The van der Waals surface area contributed by atoms with Crippen molar-refractivity contribution < 1.29 is 22.7 Å². The van der Waals surface area contributed by atoms with E-state index in [0.717, 1.165) is 19.1 Å². The lowest BCUT2D eigenvalue weighted by molar-refractivity contribution is -0.129. The minimum atomic E-state index is -3.33. The third kappa shape index (κ3) is 5.24. The van der Waals surface area contributed by atoms with Crippen molar-refractivity contribution in [2.24, 2.45) is 0 Å². The SMILES string of the molecule is CS(=O)(=O)c1cccc(OCC(=O)NC2CCCCNC2=O)c1. The maximum atomic E-state index is 11.9. The van der Waals surface area contributed by atoms with Gasteiger partial charge in [0.05, 0.1) is 4.90 Å². The van der Waals surface area contributed by atoms with Crippen LogP contribution in [0.25, 0.3) is 0 Å². The van der Waals surface area contributed by atoms with E-state index in [1.165, 1.54) is 12.1 Å². The van der Waals surface area contributed by atoms with Crippen LogP contribution in [0.3, 0.4) is 0 Å². The van der Waals surface area contributed by atoms with Crippen molar-refractivity contribution in [3.63, 3.8) is 0 Å². The topological polar surface area (TPSA) is 102 Å². The van der Waals surface area contributed by atoms with Crippen LogP contribution < -0.4 is 15.4 Å². The zero-order valence-electron chi connectivity index (χ0n) is 12.9. The molecule has 0 aliphatic carbocycles. The first-order valence-corrected chi connectivity index (χ1v) is 9.25. The number of carbonyl (C=O) groups excluding carboxylic acids is 2. The van der Waals surface area contributed by atoms with E-state index in [0.29, 0.717) is 13.0 Å². The van der Waals surface area contributed by atoms with Crippen LogP contribution in [0.15, 0.2) is 29.2 Å². The van der Waals surface area contributed by atoms with E-state index in [2.05, 4.69) is 10.6 Å².